The first-order valence-electron chi connectivity index (χ1n) is 6.75. The fraction of sp³-hybridized carbons (Fsp3) is 0.294. The lowest BCUT2D eigenvalue weighted by atomic mass is 10.1. The lowest BCUT2D eigenvalue weighted by Gasteiger charge is -2.10. The molecule has 0 bridgehead atoms. The second kappa shape index (κ2) is 6.33. The molecule has 2 rings (SSSR count). The quantitative estimate of drug-likeness (QED) is 0.667. The number of ether oxygens (including phenoxy) is 2. The molecule has 106 valence electrons. The molecule has 3 heteroatoms. The van der Waals surface area contributed by atoms with E-state index in [1.165, 1.54) is 11.1 Å². The molecule has 2 aromatic rings. The topological polar surface area (TPSA) is 44.5 Å². The van der Waals surface area contributed by atoms with E-state index in [1.54, 1.807) is 0 Å². The molecule has 0 atom stereocenters. The van der Waals surface area contributed by atoms with Crippen LogP contribution in [0.5, 0.6) is 11.5 Å². The number of rotatable bonds is 5. The van der Waals surface area contributed by atoms with E-state index in [-0.39, 0.29) is 0 Å². The molecule has 0 aromatic heterocycles. The third-order valence-electron chi connectivity index (χ3n) is 3.34. The average molecular weight is 271 g/mol. The Kier molecular flexibility index (Phi) is 4.51. The van der Waals surface area contributed by atoms with E-state index in [0.717, 1.165) is 22.7 Å². The summed E-state index contributed by atoms with van der Waals surface area (Å²) in [6, 6.07) is 11.8. The van der Waals surface area contributed by atoms with E-state index >= 15 is 0 Å². The molecule has 2 N–H and O–H groups in total. The first kappa shape index (κ1) is 14.3. The summed E-state index contributed by atoms with van der Waals surface area (Å²) in [4.78, 5) is 0. The molecule has 0 saturated heterocycles. The number of nitrogens with two attached hydrogens (primary N) is 1. The van der Waals surface area contributed by atoms with Crippen molar-refractivity contribution >= 4 is 5.69 Å². The molecule has 0 spiro atoms. The van der Waals surface area contributed by atoms with Gasteiger partial charge >= 0.3 is 0 Å². The van der Waals surface area contributed by atoms with Crippen LogP contribution in [0.3, 0.4) is 0 Å². The Hall–Kier alpha value is -2.16. The van der Waals surface area contributed by atoms with Gasteiger partial charge in [-0.1, -0.05) is 6.07 Å². The van der Waals surface area contributed by atoms with Crippen molar-refractivity contribution in [1.82, 2.24) is 0 Å². The van der Waals surface area contributed by atoms with Crippen LogP contribution in [0.2, 0.25) is 0 Å². The second-order valence-electron chi connectivity index (χ2n) is 4.96. The van der Waals surface area contributed by atoms with E-state index in [4.69, 9.17) is 15.2 Å². The van der Waals surface area contributed by atoms with E-state index in [2.05, 4.69) is 19.9 Å². The van der Waals surface area contributed by atoms with Crippen LogP contribution in [0, 0.1) is 20.8 Å². The van der Waals surface area contributed by atoms with Gasteiger partial charge in [-0.15, -0.1) is 0 Å². The fourth-order valence-electron chi connectivity index (χ4n) is 1.86. The zero-order valence-electron chi connectivity index (χ0n) is 12.3. The van der Waals surface area contributed by atoms with Gasteiger partial charge < -0.3 is 15.2 Å². The summed E-state index contributed by atoms with van der Waals surface area (Å²) in [5, 5.41) is 0. The van der Waals surface area contributed by atoms with Gasteiger partial charge in [0.2, 0.25) is 0 Å². The van der Waals surface area contributed by atoms with Crippen molar-refractivity contribution < 1.29 is 9.47 Å². The van der Waals surface area contributed by atoms with Crippen LogP contribution in [-0.4, -0.2) is 13.2 Å². The van der Waals surface area contributed by atoms with E-state index in [0.29, 0.717) is 13.2 Å². The standard InChI is InChI=1S/C17H21NO2/c1-12-4-5-15(10-13(12)2)19-8-9-20-16-6-7-17(18)14(3)11-16/h4-7,10-11H,8-9,18H2,1-3H3. The normalized spacial score (nSPS) is 10.3. The molecule has 0 unspecified atom stereocenters. The Labute approximate surface area is 120 Å². The Morgan fingerprint density at radius 1 is 0.750 bits per heavy atom. The van der Waals surface area contributed by atoms with Crippen LogP contribution in [0.25, 0.3) is 0 Å². The minimum Gasteiger partial charge on any atom is -0.490 e. The maximum absolute atomic E-state index is 5.77. The summed E-state index contributed by atoms with van der Waals surface area (Å²) in [7, 11) is 0. The monoisotopic (exact) mass is 271 g/mol. The van der Waals surface area contributed by atoms with Gasteiger partial charge in [0.15, 0.2) is 0 Å². The largest absolute Gasteiger partial charge is 0.490 e. The second-order valence-corrected chi connectivity index (χ2v) is 4.96. The number of nitrogen functional groups attached to an aromatic ring is 1. The highest BCUT2D eigenvalue weighted by Crippen LogP contribution is 2.19. The molecular formula is C17H21NO2. The maximum Gasteiger partial charge on any atom is 0.122 e. The lowest BCUT2D eigenvalue weighted by molar-refractivity contribution is 0.217. The summed E-state index contributed by atoms with van der Waals surface area (Å²) in [6.07, 6.45) is 0. The number of anilines is 1. The highest BCUT2D eigenvalue weighted by molar-refractivity contribution is 5.49. The van der Waals surface area contributed by atoms with Gasteiger partial charge in [-0.25, -0.2) is 0 Å². The summed E-state index contributed by atoms with van der Waals surface area (Å²) in [5.74, 6) is 1.70. The molecule has 0 amide bonds. The van der Waals surface area contributed by atoms with Crippen LogP contribution in [-0.2, 0) is 0 Å². The molecule has 0 radical (unpaired) electrons. The average Bonchev–Trinajstić information content (AvgIpc) is 2.42. The Morgan fingerprint density at radius 3 is 1.85 bits per heavy atom. The van der Waals surface area contributed by atoms with Crippen LogP contribution in [0.15, 0.2) is 36.4 Å². The number of hydrogen-bond donors (Lipinski definition) is 1. The minimum atomic E-state index is 0.510. The highest BCUT2D eigenvalue weighted by Gasteiger charge is 2.00. The van der Waals surface area contributed by atoms with Crippen molar-refractivity contribution in [3.05, 3.63) is 53.1 Å². The molecule has 0 fully saturated rings. The summed E-state index contributed by atoms with van der Waals surface area (Å²) in [5.41, 5.74) is 10.1. The van der Waals surface area contributed by atoms with Crippen molar-refractivity contribution in [2.75, 3.05) is 18.9 Å². The number of aryl methyl sites for hydroxylation is 3. The van der Waals surface area contributed by atoms with Crippen LogP contribution in [0.1, 0.15) is 16.7 Å². The predicted molar refractivity (Wildman–Crippen MR) is 82.5 cm³/mol. The van der Waals surface area contributed by atoms with Crippen LogP contribution in [0.4, 0.5) is 5.69 Å². The van der Waals surface area contributed by atoms with Gasteiger partial charge in [-0.3, -0.25) is 0 Å². The maximum atomic E-state index is 5.77. The Morgan fingerprint density at radius 2 is 1.30 bits per heavy atom. The lowest BCUT2D eigenvalue weighted by Crippen LogP contribution is -2.09. The van der Waals surface area contributed by atoms with Gasteiger partial charge in [0.1, 0.15) is 24.7 Å². The Balaban J connectivity index is 1.81. The van der Waals surface area contributed by atoms with Gasteiger partial charge in [-0.2, -0.15) is 0 Å². The molecule has 3 nitrogen and oxygen atoms in total. The molecule has 0 saturated carbocycles. The van der Waals surface area contributed by atoms with Gasteiger partial charge in [0.25, 0.3) is 0 Å². The molecule has 0 heterocycles. The van der Waals surface area contributed by atoms with E-state index in [1.807, 2.05) is 37.3 Å². The first-order chi connectivity index (χ1) is 9.56. The zero-order chi connectivity index (χ0) is 14.5. The smallest absolute Gasteiger partial charge is 0.122 e. The van der Waals surface area contributed by atoms with Crippen LogP contribution >= 0.6 is 0 Å². The molecule has 0 aliphatic heterocycles. The minimum absolute atomic E-state index is 0.510. The molecule has 0 aliphatic carbocycles. The van der Waals surface area contributed by atoms with Crippen molar-refractivity contribution in [2.24, 2.45) is 0 Å². The molecule has 2 aromatic carbocycles. The third kappa shape index (κ3) is 3.67. The first-order valence-corrected chi connectivity index (χ1v) is 6.75. The van der Waals surface area contributed by atoms with Crippen molar-refractivity contribution in [3.63, 3.8) is 0 Å². The predicted octanol–water partition coefficient (Wildman–Crippen LogP) is 3.65. The summed E-state index contributed by atoms with van der Waals surface area (Å²) < 4.78 is 11.3. The Bertz CT molecular complexity index is 540. The summed E-state index contributed by atoms with van der Waals surface area (Å²) >= 11 is 0. The highest BCUT2D eigenvalue weighted by atomic mass is 16.5. The van der Waals surface area contributed by atoms with Crippen LogP contribution < -0.4 is 15.2 Å². The zero-order valence-corrected chi connectivity index (χ0v) is 12.3. The summed E-state index contributed by atoms with van der Waals surface area (Å²) in [6.45, 7) is 7.16. The van der Waals surface area contributed by atoms with Crippen molar-refractivity contribution in [1.29, 1.82) is 0 Å². The van der Waals surface area contributed by atoms with Crippen molar-refractivity contribution in [3.8, 4) is 11.5 Å². The van der Waals surface area contributed by atoms with Gasteiger partial charge in [0, 0.05) is 5.69 Å². The van der Waals surface area contributed by atoms with E-state index in [9.17, 15) is 0 Å². The van der Waals surface area contributed by atoms with E-state index < -0.39 is 0 Å². The SMILES string of the molecule is Cc1ccc(OCCOc2ccc(N)c(C)c2)cc1C. The van der Waals surface area contributed by atoms with Gasteiger partial charge in [-0.05, 0) is 67.8 Å². The molecule has 20 heavy (non-hydrogen) atoms. The van der Waals surface area contributed by atoms with Gasteiger partial charge in [0.05, 0.1) is 0 Å². The van der Waals surface area contributed by atoms with Crippen molar-refractivity contribution in [2.45, 2.75) is 20.8 Å². The molecule has 0 aliphatic rings. The molecular weight excluding hydrogens is 250 g/mol. The third-order valence-corrected chi connectivity index (χ3v) is 3.34. The number of hydrogen-bond acceptors (Lipinski definition) is 3. The number of benzene rings is 2. The fourth-order valence-corrected chi connectivity index (χ4v) is 1.86.